The Morgan fingerprint density at radius 1 is 1.17 bits per heavy atom. The topological polar surface area (TPSA) is 0 Å². The number of aryl methyl sites for hydroxylation is 1. The number of benzene rings is 1. The molecule has 0 saturated carbocycles. The summed E-state index contributed by atoms with van der Waals surface area (Å²) in [4.78, 5) is 0. The SMILES string of the molecule is [2H]Cc1ccc(CC(C)(C)C)cc1. The normalized spacial score (nSPS) is 12.8. The van der Waals surface area contributed by atoms with Gasteiger partial charge in [-0.15, -0.1) is 0 Å². The molecule has 0 unspecified atom stereocenters. The molecule has 0 saturated heterocycles. The lowest BCUT2D eigenvalue weighted by atomic mass is 9.88. The average molecular weight is 163 g/mol. The third-order valence-electron chi connectivity index (χ3n) is 1.76. The van der Waals surface area contributed by atoms with Crippen LogP contribution in [0.1, 0.15) is 33.3 Å². The van der Waals surface area contributed by atoms with Crippen molar-refractivity contribution in [3.63, 3.8) is 0 Å². The van der Waals surface area contributed by atoms with Gasteiger partial charge in [-0.05, 0) is 24.3 Å². The first kappa shape index (κ1) is 7.85. The molecule has 0 aliphatic rings. The van der Waals surface area contributed by atoms with E-state index in [9.17, 15) is 0 Å². The Morgan fingerprint density at radius 3 is 2.17 bits per heavy atom. The molecule has 0 radical (unpaired) electrons. The van der Waals surface area contributed by atoms with Crippen LogP contribution < -0.4 is 0 Å². The Bertz CT molecular complexity index is 253. The van der Waals surface area contributed by atoms with Crippen LogP contribution in [0.25, 0.3) is 0 Å². The number of rotatable bonds is 1. The van der Waals surface area contributed by atoms with Gasteiger partial charge in [0.25, 0.3) is 0 Å². The highest BCUT2D eigenvalue weighted by Gasteiger charge is 2.10. The molecule has 0 aliphatic heterocycles. The average Bonchev–Trinajstić information content (AvgIpc) is 2.03. The molecule has 0 aromatic heterocycles. The molecule has 0 atom stereocenters. The summed E-state index contributed by atoms with van der Waals surface area (Å²) in [6.07, 6.45) is 1.10. The molecule has 1 aromatic carbocycles. The van der Waals surface area contributed by atoms with Gasteiger partial charge in [0.15, 0.2) is 0 Å². The van der Waals surface area contributed by atoms with Crippen LogP contribution in [0.2, 0.25) is 0 Å². The van der Waals surface area contributed by atoms with E-state index < -0.39 is 0 Å². The molecule has 0 heterocycles. The molecule has 0 N–H and O–H groups in total. The third kappa shape index (κ3) is 3.08. The van der Waals surface area contributed by atoms with E-state index in [0.717, 1.165) is 12.0 Å². The van der Waals surface area contributed by atoms with Gasteiger partial charge in [0, 0.05) is 1.37 Å². The van der Waals surface area contributed by atoms with E-state index in [1.165, 1.54) is 5.56 Å². The van der Waals surface area contributed by atoms with Crippen LogP contribution in [-0.4, -0.2) is 0 Å². The molecule has 1 aromatic rings. The molecule has 0 spiro atoms. The van der Waals surface area contributed by atoms with E-state index >= 15 is 0 Å². The maximum absolute atomic E-state index is 7.19. The van der Waals surface area contributed by atoms with Crippen LogP contribution in [0.15, 0.2) is 24.3 Å². The first-order valence-corrected chi connectivity index (χ1v) is 4.38. The second-order valence-electron chi connectivity index (χ2n) is 4.55. The Hall–Kier alpha value is -0.780. The quantitative estimate of drug-likeness (QED) is 0.593. The Morgan fingerprint density at radius 2 is 1.75 bits per heavy atom. The van der Waals surface area contributed by atoms with Crippen molar-refractivity contribution in [3.8, 4) is 0 Å². The number of hydrogen-bond acceptors (Lipinski definition) is 0. The highest BCUT2D eigenvalue weighted by molar-refractivity contribution is 5.21. The highest BCUT2D eigenvalue weighted by Crippen LogP contribution is 2.20. The van der Waals surface area contributed by atoms with E-state index in [1.807, 2.05) is 12.1 Å². The van der Waals surface area contributed by atoms with Gasteiger partial charge in [-0.3, -0.25) is 0 Å². The van der Waals surface area contributed by atoms with Crippen molar-refractivity contribution in [1.82, 2.24) is 0 Å². The van der Waals surface area contributed by atoms with E-state index in [-0.39, 0.29) is 0 Å². The Kier molecular flexibility index (Phi) is 2.16. The fourth-order valence-corrected chi connectivity index (χ4v) is 1.27. The zero-order chi connectivity index (χ0) is 9.90. The first-order chi connectivity index (χ1) is 6.01. The van der Waals surface area contributed by atoms with Gasteiger partial charge in [0.05, 0.1) is 0 Å². The van der Waals surface area contributed by atoms with E-state index in [1.54, 1.807) is 0 Å². The van der Waals surface area contributed by atoms with Crippen LogP contribution in [-0.2, 0) is 6.42 Å². The lowest BCUT2D eigenvalue weighted by molar-refractivity contribution is 0.411. The van der Waals surface area contributed by atoms with E-state index in [4.69, 9.17) is 1.37 Å². The highest BCUT2D eigenvalue weighted by atomic mass is 14.1. The van der Waals surface area contributed by atoms with Crippen molar-refractivity contribution < 1.29 is 1.37 Å². The summed E-state index contributed by atoms with van der Waals surface area (Å²) in [5.41, 5.74) is 2.81. The molecule has 0 amide bonds. The molecule has 0 bridgehead atoms. The van der Waals surface area contributed by atoms with Gasteiger partial charge in [-0.25, -0.2) is 0 Å². The Balaban J connectivity index is 2.70. The minimum Gasteiger partial charge on any atom is -0.0599 e. The maximum atomic E-state index is 7.19. The molecule has 1 rings (SSSR count). The predicted molar refractivity (Wildman–Crippen MR) is 54.3 cm³/mol. The lowest BCUT2D eigenvalue weighted by Crippen LogP contribution is -2.08. The summed E-state index contributed by atoms with van der Waals surface area (Å²) in [5.74, 6) is 0. The van der Waals surface area contributed by atoms with Crippen molar-refractivity contribution in [2.75, 3.05) is 0 Å². The minimum absolute atomic E-state index is 0.350. The third-order valence-corrected chi connectivity index (χ3v) is 1.76. The standard InChI is InChI=1S/C12H18/c1-10-5-7-11(8-6-10)9-12(2,3)4/h5-8H,9H2,1-4H3/i1D. The van der Waals surface area contributed by atoms with Gasteiger partial charge >= 0.3 is 0 Å². The van der Waals surface area contributed by atoms with Crippen molar-refractivity contribution in [2.45, 2.75) is 34.1 Å². The van der Waals surface area contributed by atoms with Crippen LogP contribution in [0.3, 0.4) is 0 Å². The van der Waals surface area contributed by atoms with Crippen LogP contribution in [0.4, 0.5) is 0 Å². The van der Waals surface area contributed by atoms with Gasteiger partial charge in [-0.1, -0.05) is 50.6 Å². The maximum Gasteiger partial charge on any atom is 0.0280 e. The zero-order valence-electron chi connectivity index (χ0n) is 9.22. The largest absolute Gasteiger partial charge is 0.0599 e. The van der Waals surface area contributed by atoms with Crippen molar-refractivity contribution in [1.29, 1.82) is 0 Å². The molecular formula is C12H18. The fourth-order valence-electron chi connectivity index (χ4n) is 1.27. The second kappa shape index (κ2) is 3.30. The monoisotopic (exact) mass is 163 g/mol. The van der Waals surface area contributed by atoms with Crippen molar-refractivity contribution in [3.05, 3.63) is 35.4 Å². The molecule has 66 valence electrons. The van der Waals surface area contributed by atoms with Crippen molar-refractivity contribution in [2.24, 2.45) is 5.41 Å². The molecular weight excluding hydrogens is 144 g/mol. The van der Waals surface area contributed by atoms with E-state index in [0.29, 0.717) is 12.3 Å². The summed E-state index contributed by atoms with van der Waals surface area (Å²) in [7, 11) is 0. The second-order valence-corrected chi connectivity index (χ2v) is 4.55. The minimum atomic E-state index is 0.350. The van der Waals surface area contributed by atoms with Crippen LogP contribution in [0.5, 0.6) is 0 Å². The summed E-state index contributed by atoms with van der Waals surface area (Å²) < 4.78 is 7.19. The summed E-state index contributed by atoms with van der Waals surface area (Å²) in [6, 6.07) is 8.37. The summed E-state index contributed by atoms with van der Waals surface area (Å²) in [5, 5.41) is 0. The summed E-state index contributed by atoms with van der Waals surface area (Å²) >= 11 is 0. The van der Waals surface area contributed by atoms with Crippen molar-refractivity contribution >= 4 is 0 Å². The van der Waals surface area contributed by atoms with Gasteiger partial charge in [0.1, 0.15) is 0 Å². The molecule has 0 nitrogen and oxygen atoms in total. The predicted octanol–water partition coefficient (Wildman–Crippen LogP) is 3.58. The van der Waals surface area contributed by atoms with E-state index in [2.05, 4.69) is 32.9 Å². The Labute approximate surface area is 77.0 Å². The molecule has 0 fully saturated rings. The fraction of sp³-hybridized carbons (Fsp3) is 0.500. The van der Waals surface area contributed by atoms with Gasteiger partial charge < -0.3 is 0 Å². The first-order valence-electron chi connectivity index (χ1n) is 5.09. The molecule has 0 heteroatoms. The lowest BCUT2D eigenvalue weighted by Gasteiger charge is -2.17. The smallest absolute Gasteiger partial charge is 0.0280 e. The number of hydrogen-bond donors (Lipinski definition) is 0. The van der Waals surface area contributed by atoms with Crippen LogP contribution >= 0.6 is 0 Å². The zero-order valence-corrected chi connectivity index (χ0v) is 8.22. The molecule has 0 aliphatic carbocycles. The van der Waals surface area contributed by atoms with Crippen LogP contribution in [0, 0.1) is 12.3 Å². The van der Waals surface area contributed by atoms with Gasteiger partial charge in [-0.2, -0.15) is 0 Å². The van der Waals surface area contributed by atoms with Gasteiger partial charge in [0.2, 0.25) is 0 Å². The molecule has 12 heavy (non-hydrogen) atoms. The summed E-state index contributed by atoms with van der Waals surface area (Å²) in [6.45, 7) is 7.11.